The molecule has 1 aromatic rings. The molecule has 1 aliphatic rings. The molecule has 0 amide bonds. The minimum absolute atomic E-state index is 0.351. The second-order valence-corrected chi connectivity index (χ2v) is 5.10. The highest BCUT2D eigenvalue weighted by Crippen LogP contribution is 2.31. The average molecular weight is 306 g/mol. The lowest BCUT2D eigenvalue weighted by Gasteiger charge is -2.35. The van der Waals surface area contributed by atoms with Crippen molar-refractivity contribution in [3.8, 4) is 5.75 Å². The van der Waals surface area contributed by atoms with Gasteiger partial charge in [0.15, 0.2) is 5.11 Å². The molecule has 0 aliphatic carbocycles. The van der Waals surface area contributed by atoms with Gasteiger partial charge in [-0.1, -0.05) is 12.1 Å². The molecule has 6 heteroatoms. The standard InChI is InChI=1S/C15H18N2O3S/c1-9-12(14(18)20-4)13(16-15(21)17(9)2)10-6-5-7-11(8-10)19-3/h5-8,13H,1-4H3,(H,16,21). The summed E-state index contributed by atoms with van der Waals surface area (Å²) in [6.07, 6.45) is 0. The largest absolute Gasteiger partial charge is 0.497 e. The third-order valence-electron chi connectivity index (χ3n) is 3.59. The van der Waals surface area contributed by atoms with E-state index in [-0.39, 0.29) is 12.0 Å². The number of allylic oxidation sites excluding steroid dienone is 1. The van der Waals surface area contributed by atoms with Gasteiger partial charge < -0.3 is 19.7 Å². The maximum atomic E-state index is 12.1. The van der Waals surface area contributed by atoms with E-state index >= 15 is 0 Å². The third-order valence-corrected chi connectivity index (χ3v) is 3.98. The number of hydrogen-bond donors (Lipinski definition) is 1. The zero-order chi connectivity index (χ0) is 15.6. The molecule has 112 valence electrons. The topological polar surface area (TPSA) is 50.8 Å². The van der Waals surface area contributed by atoms with Gasteiger partial charge in [-0.25, -0.2) is 4.79 Å². The predicted octanol–water partition coefficient (Wildman–Crippen LogP) is 2.00. The molecule has 0 spiro atoms. The number of methoxy groups -OCH3 is 2. The van der Waals surface area contributed by atoms with Crippen molar-refractivity contribution in [1.82, 2.24) is 10.2 Å². The van der Waals surface area contributed by atoms with Crippen LogP contribution < -0.4 is 10.1 Å². The lowest BCUT2D eigenvalue weighted by Crippen LogP contribution is -2.46. The number of ether oxygens (including phenoxy) is 2. The number of carbonyl (C=O) groups is 1. The summed E-state index contributed by atoms with van der Waals surface area (Å²) in [6, 6.07) is 7.18. The van der Waals surface area contributed by atoms with Gasteiger partial charge in [0.05, 0.1) is 25.8 Å². The first kappa shape index (κ1) is 15.3. The monoisotopic (exact) mass is 306 g/mol. The molecule has 1 atom stereocenters. The van der Waals surface area contributed by atoms with Gasteiger partial charge in [-0.15, -0.1) is 0 Å². The Bertz CT molecular complexity index is 613. The summed E-state index contributed by atoms with van der Waals surface area (Å²) in [5, 5.41) is 3.74. The Morgan fingerprint density at radius 1 is 1.38 bits per heavy atom. The molecule has 0 aromatic heterocycles. The molecule has 5 nitrogen and oxygen atoms in total. The van der Waals surface area contributed by atoms with Crippen molar-refractivity contribution in [1.29, 1.82) is 0 Å². The normalized spacial score (nSPS) is 18.4. The molecular formula is C15H18N2O3S. The molecular weight excluding hydrogens is 288 g/mol. The first-order valence-electron chi connectivity index (χ1n) is 6.46. The highest BCUT2D eigenvalue weighted by molar-refractivity contribution is 7.80. The van der Waals surface area contributed by atoms with Crippen molar-refractivity contribution in [2.45, 2.75) is 13.0 Å². The van der Waals surface area contributed by atoms with Gasteiger partial charge in [0.2, 0.25) is 0 Å². The number of thiocarbonyl (C=S) groups is 1. The first-order valence-corrected chi connectivity index (χ1v) is 6.87. The highest BCUT2D eigenvalue weighted by Gasteiger charge is 2.33. The molecule has 0 saturated carbocycles. The lowest BCUT2D eigenvalue weighted by molar-refractivity contribution is -0.136. The van der Waals surface area contributed by atoms with E-state index in [0.717, 1.165) is 17.0 Å². The van der Waals surface area contributed by atoms with Crippen molar-refractivity contribution in [2.75, 3.05) is 21.3 Å². The van der Waals surface area contributed by atoms with E-state index < -0.39 is 0 Å². The summed E-state index contributed by atoms with van der Waals surface area (Å²) in [4.78, 5) is 13.9. The van der Waals surface area contributed by atoms with E-state index in [4.69, 9.17) is 21.7 Å². The van der Waals surface area contributed by atoms with Crippen molar-refractivity contribution < 1.29 is 14.3 Å². The summed E-state index contributed by atoms with van der Waals surface area (Å²) in [6.45, 7) is 1.85. The Labute approximate surface area is 129 Å². The van der Waals surface area contributed by atoms with Crippen LogP contribution in [0, 0.1) is 0 Å². The molecule has 0 bridgehead atoms. The second-order valence-electron chi connectivity index (χ2n) is 4.71. The minimum Gasteiger partial charge on any atom is -0.497 e. The molecule has 21 heavy (non-hydrogen) atoms. The van der Waals surface area contributed by atoms with Crippen molar-refractivity contribution in [3.05, 3.63) is 41.1 Å². The van der Waals surface area contributed by atoms with Crippen LogP contribution in [-0.2, 0) is 9.53 Å². The second kappa shape index (κ2) is 6.13. The van der Waals surface area contributed by atoms with E-state index in [9.17, 15) is 4.79 Å². The van der Waals surface area contributed by atoms with Crippen LogP contribution in [0.4, 0.5) is 0 Å². The SMILES string of the molecule is COC(=O)C1=C(C)N(C)C(=S)NC1c1cccc(OC)c1. The maximum absolute atomic E-state index is 12.1. The molecule has 1 heterocycles. The fraction of sp³-hybridized carbons (Fsp3) is 0.333. The van der Waals surface area contributed by atoms with E-state index in [1.165, 1.54) is 7.11 Å². The Morgan fingerprint density at radius 2 is 2.10 bits per heavy atom. The van der Waals surface area contributed by atoms with Gasteiger partial charge in [0.1, 0.15) is 5.75 Å². The van der Waals surface area contributed by atoms with E-state index in [1.807, 2.05) is 38.2 Å². The van der Waals surface area contributed by atoms with Crippen LogP contribution in [0.25, 0.3) is 0 Å². The van der Waals surface area contributed by atoms with Crippen LogP contribution in [0.15, 0.2) is 35.5 Å². The predicted molar refractivity (Wildman–Crippen MR) is 83.9 cm³/mol. The summed E-state index contributed by atoms with van der Waals surface area (Å²) >= 11 is 5.32. The molecule has 1 aromatic carbocycles. The number of nitrogens with zero attached hydrogens (tertiary/aromatic N) is 1. The molecule has 0 fully saturated rings. The quantitative estimate of drug-likeness (QED) is 0.681. The zero-order valence-electron chi connectivity index (χ0n) is 12.5. The maximum Gasteiger partial charge on any atom is 0.337 e. The molecule has 2 rings (SSSR count). The van der Waals surface area contributed by atoms with Gasteiger partial charge in [-0.3, -0.25) is 0 Å². The molecule has 1 aliphatic heterocycles. The summed E-state index contributed by atoms with van der Waals surface area (Å²) in [5.41, 5.74) is 2.21. The number of esters is 1. The Hall–Kier alpha value is -2.08. The number of rotatable bonds is 3. The van der Waals surface area contributed by atoms with Crippen LogP contribution >= 0.6 is 12.2 Å². The Balaban J connectivity index is 2.53. The number of hydrogen-bond acceptors (Lipinski definition) is 4. The molecule has 0 saturated heterocycles. The summed E-state index contributed by atoms with van der Waals surface area (Å²) in [5.74, 6) is 0.350. The summed E-state index contributed by atoms with van der Waals surface area (Å²) in [7, 11) is 4.79. The minimum atomic E-state index is -0.373. The van der Waals surface area contributed by atoms with Crippen LogP contribution in [0.1, 0.15) is 18.5 Å². The van der Waals surface area contributed by atoms with E-state index in [2.05, 4.69) is 5.32 Å². The van der Waals surface area contributed by atoms with Gasteiger partial charge in [0, 0.05) is 12.7 Å². The van der Waals surface area contributed by atoms with Gasteiger partial charge in [0.25, 0.3) is 0 Å². The Kier molecular flexibility index (Phi) is 4.47. The van der Waals surface area contributed by atoms with Gasteiger partial charge >= 0.3 is 5.97 Å². The lowest BCUT2D eigenvalue weighted by atomic mass is 9.95. The molecule has 1 unspecified atom stereocenters. The smallest absolute Gasteiger partial charge is 0.337 e. The van der Waals surface area contributed by atoms with Gasteiger partial charge in [-0.05, 0) is 36.8 Å². The number of benzene rings is 1. The molecule has 0 radical (unpaired) electrons. The zero-order valence-corrected chi connectivity index (χ0v) is 13.3. The van der Waals surface area contributed by atoms with E-state index in [0.29, 0.717) is 10.7 Å². The first-order chi connectivity index (χ1) is 9.99. The average Bonchev–Trinajstić information content (AvgIpc) is 2.51. The van der Waals surface area contributed by atoms with Crippen LogP contribution in [0.2, 0.25) is 0 Å². The molecule has 1 N–H and O–H groups in total. The van der Waals surface area contributed by atoms with E-state index in [1.54, 1.807) is 12.0 Å². The van der Waals surface area contributed by atoms with Crippen molar-refractivity contribution in [3.63, 3.8) is 0 Å². The fourth-order valence-electron chi connectivity index (χ4n) is 2.28. The third kappa shape index (κ3) is 2.85. The summed E-state index contributed by atoms with van der Waals surface area (Å²) < 4.78 is 10.2. The number of nitrogens with one attached hydrogen (secondary N) is 1. The van der Waals surface area contributed by atoms with Gasteiger partial charge in [-0.2, -0.15) is 0 Å². The van der Waals surface area contributed by atoms with Crippen LogP contribution in [-0.4, -0.2) is 37.2 Å². The van der Waals surface area contributed by atoms with Crippen molar-refractivity contribution in [2.24, 2.45) is 0 Å². The highest BCUT2D eigenvalue weighted by atomic mass is 32.1. The van der Waals surface area contributed by atoms with Crippen LogP contribution in [0.5, 0.6) is 5.75 Å². The van der Waals surface area contributed by atoms with Crippen molar-refractivity contribution >= 4 is 23.3 Å². The van der Waals surface area contributed by atoms with Crippen LogP contribution in [0.3, 0.4) is 0 Å². The number of carbonyl (C=O) groups excluding carboxylic acids is 1. The fourth-order valence-corrected chi connectivity index (χ4v) is 2.54. The Morgan fingerprint density at radius 3 is 2.71 bits per heavy atom.